The molecule has 2 rings (SSSR count). The van der Waals surface area contributed by atoms with E-state index in [0.717, 1.165) is 11.3 Å². The fraction of sp³-hybridized carbons (Fsp3) is 0.333. The molecule has 1 unspecified atom stereocenters. The number of benzene rings is 1. The van der Waals surface area contributed by atoms with Crippen molar-refractivity contribution >= 4 is 5.91 Å². The molecule has 23 heavy (non-hydrogen) atoms. The Bertz CT molecular complexity index is 733. The van der Waals surface area contributed by atoms with Crippen LogP contribution >= 0.6 is 0 Å². The molecule has 122 valence electrons. The van der Waals surface area contributed by atoms with Crippen molar-refractivity contribution < 1.29 is 9.53 Å². The first-order valence-electron chi connectivity index (χ1n) is 7.54. The van der Waals surface area contributed by atoms with Gasteiger partial charge in [-0.2, -0.15) is 0 Å². The maximum absolute atomic E-state index is 12.4. The zero-order chi connectivity index (χ0) is 17.0. The summed E-state index contributed by atoms with van der Waals surface area (Å²) in [7, 11) is 3.27. The van der Waals surface area contributed by atoms with Crippen molar-refractivity contribution in [3.63, 3.8) is 0 Å². The van der Waals surface area contributed by atoms with E-state index in [0.29, 0.717) is 5.56 Å². The first-order chi connectivity index (χ1) is 10.9. The SMILES string of the molecule is COc1ccc(C(NC(=O)c2ccn(C)c(=O)c2)C(C)C)cc1. The van der Waals surface area contributed by atoms with Crippen LogP contribution in [0.5, 0.6) is 5.75 Å². The summed E-state index contributed by atoms with van der Waals surface area (Å²) < 4.78 is 6.59. The summed E-state index contributed by atoms with van der Waals surface area (Å²) >= 11 is 0. The number of hydrogen-bond acceptors (Lipinski definition) is 3. The van der Waals surface area contributed by atoms with Gasteiger partial charge in [-0.1, -0.05) is 26.0 Å². The monoisotopic (exact) mass is 314 g/mol. The summed E-state index contributed by atoms with van der Waals surface area (Å²) in [6.45, 7) is 4.08. The fourth-order valence-corrected chi connectivity index (χ4v) is 2.36. The molecule has 5 heteroatoms. The first kappa shape index (κ1) is 16.8. The molecule has 0 spiro atoms. The van der Waals surface area contributed by atoms with Gasteiger partial charge in [0.25, 0.3) is 11.5 Å². The number of nitrogens with one attached hydrogen (secondary N) is 1. The van der Waals surface area contributed by atoms with Crippen molar-refractivity contribution in [2.24, 2.45) is 13.0 Å². The van der Waals surface area contributed by atoms with E-state index < -0.39 is 0 Å². The molecule has 5 nitrogen and oxygen atoms in total. The molecule has 0 saturated carbocycles. The van der Waals surface area contributed by atoms with Gasteiger partial charge in [-0.05, 0) is 29.7 Å². The second-order valence-electron chi connectivity index (χ2n) is 5.83. The molecule has 0 aliphatic heterocycles. The third-order valence-corrected chi connectivity index (χ3v) is 3.79. The lowest BCUT2D eigenvalue weighted by Gasteiger charge is -2.23. The van der Waals surface area contributed by atoms with E-state index >= 15 is 0 Å². The highest BCUT2D eigenvalue weighted by atomic mass is 16.5. The number of carbonyl (C=O) groups excluding carboxylic acids is 1. The van der Waals surface area contributed by atoms with Gasteiger partial charge in [-0.25, -0.2) is 0 Å². The number of hydrogen-bond donors (Lipinski definition) is 1. The Hall–Kier alpha value is -2.56. The summed E-state index contributed by atoms with van der Waals surface area (Å²) in [5.41, 5.74) is 1.16. The van der Waals surface area contributed by atoms with Crippen LogP contribution in [0.2, 0.25) is 0 Å². The molecular weight excluding hydrogens is 292 g/mol. The number of ether oxygens (including phenoxy) is 1. The van der Waals surface area contributed by atoms with Crippen LogP contribution in [0.4, 0.5) is 0 Å². The predicted molar refractivity (Wildman–Crippen MR) is 89.7 cm³/mol. The Morgan fingerprint density at radius 3 is 2.35 bits per heavy atom. The van der Waals surface area contributed by atoms with Crippen molar-refractivity contribution in [1.29, 1.82) is 0 Å². The largest absolute Gasteiger partial charge is 0.497 e. The Labute approximate surface area is 135 Å². The second-order valence-corrected chi connectivity index (χ2v) is 5.83. The highest BCUT2D eigenvalue weighted by Gasteiger charge is 2.19. The number of pyridine rings is 1. The summed E-state index contributed by atoms with van der Waals surface area (Å²) in [4.78, 5) is 24.1. The molecule has 0 radical (unpaired) electrons. The van der Waals surface area contributed by atoms with Crippen molar-refractivity contribution in [1.82, 2.24) is 9.88 Å². The zero-order valence-electron chi connectivity index (χ0n) is 13.9. The van der Waals surface area contributed by atoms with Crippen LogP contribution in [0, 0.1) is 5.92 Å². The molecule has 0 saturated heterocycles. The van der Waals surface area contributed by atoms with Crippen molar-refractivity contribution in [3.8, 4) is 5.75 Å². The predicted octanol–water partition coefficient (Wildman–Crippen LogP) is 2.52. The van der Waals surface area contributed by atoms with Crippen LogP contribution in [0.15, 0.2) is 47.4 Å². The summed E-state index contributed by atoms with van der Waals surface area (Å²) in [6.07, 6.45) is 1.59. The van der Waals surface area contributed by atoms with E-state index in [1.165, 1.54) is 10.6 Å². The van der Waals surface area contributed by atoms with Gasteiger partial charge >= 0.3 is 0 Å². The summed E-state index contributed by atoms with van der Waals surface area (Å²) in [6, 6.07) is 10.5. The molecule has 2 aromatic rings. The Balaban J connectivity index is 2.22. The topological polar surface area (TPSA) is 60.3 Å². The lowest BCUT2D eigenvalue weighted by Crippen LogP contribution is -2.32. The average Bonchev–Trinajstić information content (AvgIpc) is 2.54. The second kappa shape index (κ2) is 7.13. The molecule has 0 fully saturated rings. The zero-order valence-corrected chi connectivity index (χ0v) is 13.9. The number of carbonyl (C=O) groups is 1. The van der Waals surface area contributed by atoms with Crippen LogP contribution < -0.4 is 15.6 Å². The van der Waals surface area contributed by atoms with Crippen LogP contribution in [0.1, 0.15) is 35.8 Å². The van der Waals surface area contributed by atoms with Gasteiger partial charge in [-0.15, -0.1) is 0 Å². The number of aryl methyl sites for hydroxylation is 1. The van der Waals surface area contributed by atoms with Crippen molar-refractivity contribution in [2.75, 3.05) is 7.11 Å². The van der Waals surface area contributed by atoms with E-state index in [1.54, 1.807) is 26.4 Å². The van der Waals surface area contributed by atoms with Crippen LogP contribution in [0.3, 0.4) is 0 Å². The molecule has 0 aliphatic rings. The van der Waals surface area contributed by atoms with Gasteiger partial charge in [0.15, 0.2) is 0 Å². The van der Waals surface area contributed by atoms with Gasteiger partial charge in [0, 0.05) is 24.9 Å². The number of amides is 1. The number of methoxy groups -OCH3 is 1. The quantitative estimate of drug-likeness (QED) is 0.922. The smallest absolute Gasteiger partial charge is 0.252 e. The molecule has 1 aromatic heterocycles. The van der Waals surface area contributed by atoms with Crippen LogP contribution in [0.25, 0.3) is 0 Å². The standard InChI is InChI=1S/C18H22N2O3/c1-12(2)17(13-5-7-15(23-4)8-6-13)19-18(22)14-9-10-20(3)16(21)11-14/h5-12,17H,1-4H3,(H,19,22). The Kier molecular flexibility index (Phi) is 5.21. The maximum atomic E-state index is 12.4. The molecule has 0 aliphatic carbocycles. The van der Waals surface area contributed by atoms with Gasteiger partial charge in [0.1, 0.15) is 5.75 Å². The third-order valence-electron chi connectivity index (χ3n) is 3.79. The maximum Gasteiger partial charge on any atom is 0.252 e. The molecule has 1 aromatic carbocycles. The van der Waals surface area contributed by atoms with Crippen molar-refractivity contribution in [3.05, 3.63) is 64.1 Å². The third kappa shape index (κ3) is 4.00. The molecule has 0 bridgehead atoms. The van der Waals surface area contributed by atoms with E-state index in [2.05, 4.69) is 5.32 Å². The van der Waals surface area contributed by atoms with Gasteiger partial charge < -0.3 is 14.6 Å². The van der Waals surface area contributed by atoms with Crippen molar-refractivity contribution in [2.45, 2.75) is 19.9 Å². The van der Waals surface area contributed by atoms with E-state index in [1.807, 2.05) is 38.1 Å². The highest BCUT2D eigenvalue weighted by molar-refractivity contribution is 5.94. The minimum absolute atomic E-state index is 0.141. The minimum Gasteiger partial charge on any atom is -0.497 e. The van der Waals surface area contributed by atoms with Crippen LogP contribution in [-0.4, -0.2) is 17.6 Å². The van der Waals surface area contributed by atoms with E-state index in [4.69, 9.17) is 4.74 Å². The molecular formula is C18H22N2O3. The Morgan fingerprint density at radius 2 is 1.83 bits per heavy atom. The fourth-order valence-electron chi connectivity index (χ4n) is 2.36. The van der Waals surface area contributed by atoms with Gasteiger partial charge in [0.05, 0.1) is 13.2 Å². The number of aromatic nitrogens is 1. The highest BCUT2D eigenvalue weighted by Crippen LogP contribution is 2.24. The van der Waals surface area contributed by atoms with Gasteiger partial charge in [0.2, 0.25) is 0 Å². The molecule has 1 amide bonds. The lowest BCUT2D eigenvalue weighted by atomic mass is 9.95. The lowest BCUT2D eigenvalue weighted by molar-refractivity contribution is 0.0925. The summed E-state index contributed by atoms with van der Waals surface area (Å²) in [5.74, 6) is 0.727. The number of nitrogens with zero attached hydrogens (tertiary/aromatic N) is 1. The molecule has 1 heterocycles. The molecule has 1 atom stereocenters. The first-order valence-corrected chi connectivity index (χ1v) is 7.54. The number of rotatable bonds is 5. The van der Waals surface area contributed by atoms with Gasteiger partial charge in [-0.3, -0.25) is 9.59 Å². The van der Waals surface area contributed by atoms with E-state index in [-0.39, 0.29) is 23.4 Å². The average molecular weight is 314 g/mol. The van der Waals surface area contributed by atoms with Crippen LogP contribution in [-0.2, 0) is 7.05 Å². The van der Waals surface area contributed by atoms with E-state index in [9.17, 15) is 9.59 Å². The molecule has 1 N–H and O–H groups in total. The minimum atomic E-state index is -0.253. The Morgan fingerprint density at radius 1 is 1.17 bits per heavy atom. The summed E-state index contributed by atoms with van der Waals surface area (Å²) in [5, 5.41) is 3.01. The normalized spacial score (nSPS) is 12.0.